The molecule has 2 saturated heterocycles. The molecule has 0 saturated carbocycles. The van der Waals surface area contributed by atoms with Gasteiger partial charge < -0.3 is 10.2 Å². The molecule has 2 aromatic rings. The number of nitrogens with one attached hydrogen (secondary N) is 1. The third kappa shape index (κ3) is 3.41. The van der Waals surface area contributed by atoms with Crippen LogP contribution in [0.3, 0.4) is 0 Å². The van der Waals surface area contributed by atoms with Gasteiger partial charge in [0.15, 0.2) is 0 Å². The largest absolute Gasteiger partial charge is 0.337 e. The highest BCUT2D eigenvalue weighted by molar-refractivity contribution is 5.92. The number of carbonyl (C=O) groups is 1. The van der Waals surface area contributed by atoms with Crippen LogP contribution in [0.15, 0.2) is 47.3 Å². The molecule has 6 heteroatoms. The summed E-state index contributed by atoms with van der Waals surface area (Å²) >= 11 is 0. The van der Waals surface area contributed by atoms with Crippen molar-refractivity contribution in [2.24, 2.45) is 11.3 Å². The Morgan fingerprint density at radius 3 is 2.41 bits per heavy atom. The van der Waals surface area contributed by atoms with E-state index in [0.717, 1.165) is 32.5 Å². The van der Waals surface area contributed by atoms with Gasteiger partial charge >= 0.3 is 0 Å². The predicted octanol–water partition coefficient (Wildman–Crippen LogP) is 2.08. The summed E-state index contributed by atoms with van der Waals surface area (Å²) in [5.74, 6) is 0.517. The molecule has 0 aliphatic carbocycles. The predicted molar refractivity (Wildman–Crippen MR) is 104 cm³/mol. The number of nitrogens with zero attached hydrogens (tertiary/aromatic N) is 3. The van der Waals surface area contributed by atoms with E-state index in [1.165, 1.54) is 16.8 Å². The maximum atomic E-state index is 12.9. The van der Waals surface area contributed by atoms with Crippen LogP contribution in [-0.4, -0.2) is 46.3 Å². The molecule has 4 rings (SSSR count). The Bertz CT molecular complexity index is 883. The summed E-state index contributed by atoms with van der Waals surface area (Å²) in [6.45, 7) is 7.17. The molecular weight excluding hydrogens is 340 g/mol. The van der Waals surface area contributed by atoms with Crippen molar-refractivity contribution in [2.45, 2.75) is 32.7 Å². The maximum Gasteiger partial charge on any atom is 0.274 e. The standard InChI is InChI=1S/C21H26N4O2/c1-21(2)14-22-19(21)15-10-12-24(13-11-15)20(27)17-8-9-18(26)25(23-17)16-6-4-3-5-7-16/h3-9,15,19,22H,10-14H2,1-2H3. The fourth-order valence-electron chi connectivity index (χ4n) is 4.31. The SMILES string of the molecule is CC1(C)CNC1C1CCN(C(=O)c2ccc(=O)n(-c3ccccc3)n2)CC1. The van der Waals surface area contributed by atoms with Crippen molar-refractivity contribution in [3.63, 3.8) is 0 Å². The van der Waals surface area contributed by atoms with E-state index < -0.39 is 0 Å². The molecule has 2 fully saturated rings. The minimum Gasteiger partial charge on any atom is -0.337 e. The number of hydrogen-bond acceptors (Lipinski definition) is 4. The third-order valence-corrected chi connectivity index (χ3v) is 5.94. The second kappa shape index (κ2) is 6.93. The summed E-state index contributed by atoms with van der Waals surface area (Å²) in [4.78, 5) is 26.9. The number of aromatic nitrogens is 2. The van der Waals surface area contributed by atoms with Crippen LogP contribution in [0.25, 0.3) is 5.69 Å². The average Bonchev–Trinajstić information content (AvgIpc) is 2.68. The Balaban J connectivity index is 1.47. The summed E-state index contributed by atoms with van der Waals surface area (Å²) in [6, 6.07) is 12.7. The number of benzene rings is 1. The number of amides is 1. The Kier molecular flexibility index (Phi) is 4.60. The smallest absolute Gasteiger partial charge is 0.274 e. The van der Waals surface area contributed by atoms with Crippen molar-refractivity contribution in [1.29, 1.82) is 0 Å². The van der Waals surface area contributed by atoms with Gasteiger partial charge in [-0.05, 0) is 42.4 Å². The normalized spacial score (nSPS) is 22.3. The quantitative estimate of drug-likeness (QED) is 0.903. The van der Waals surface area contributed by atoms with E-state index in [1.54, 1.807) is 0 Å². The van der Waals surface area contributed by atoms with Crippen LogP contribution < -0.4 is 10.9 Å². The second-order valence-corrected chi connectivity index (χ2v) is 8.28. The summed E-state index contributed by atoms with van der Waals surface area (Å²) in [5.41, 5.74) is 1.09. The van der Waals surface area contributed by atoms with Crippen LogP contribution in [0.5, 0.6) is 0 Å². The molecule has 1 aromatic carbocycles. The van der Waals surface area contributed by atoms with E-state index in [2.05, 4.69) is 24.3 Å². The first kappa shape index (κ1) is 17.9. The zero-order valence-corrected chi connectivity index (χ0v) is 15.9. The molecule has 2 aliphatic rings. The van der Waals surface area contributed by atoms with Crippen LogP contribution in [0, 0.1) is 11.3 Å². The lowest BCUT2D eigenvalue weighted by molar-refractivity contribution is 0.0351. The summed E-state index contributed by atoms with van der Waals surface area (Å²) in [7, 11) is 0. The van der Waals surface area contributed by atoms with E-state index in [4.69, 9.17) is 0 Å². The molecule has 27 heavy (non-hydrogen) atoms. The maximum absolute atomic E-state index is 12.9. The van der Waals surface area contributed by atoms with Gasteiger partial charge in [-0.25, -0.2) is 0 Å². The van der Waals surface area contributed by atoms with E-state index in [9.17, 15) is 9.59 Å². The second-order valence-electron chi connectivity index (χ2n) is 8.28. The van der Waals surface area contributed by atoms with Gasteiger partial charge in [-0.3, -0.25) is 9.59 Å². The lowest BCUT2D eigenvalue weighted by atomic mass is 9.68. The van der Waals surface area contributed by atoms with E-state index >= 15 is 0 Å². The lowest BCUT2D eigenvalue weighted by Crippen LogP contribution is -2.63. The topological polar surface area (TPSA) is 67.2 Å². The molecule has 3 heterocycles. The molecule has 0 bridgehead atoms. The van der Waals surface area contributed by atoms with Crippen molar-refractivity contribution < 1.29 is 4.79 Å². The Morgan fingerprint density at radius 1 is 1.11 bits per heavy atom. The van der Waals surface area contributed by atoms with Gasteiger partial charge in [0.2, 0.25) is 0 Å². The minimum atomic E-state index is -0.241. The number of piperidine rings is 1. The third-order valence-electron chi connectivity index (χ3n) is 5.94. The molecular formula is C21H26N4O2. The first-order valence-corrected chi connectivity index (χ1v) is 9.64. The Morgan fingerprint density at radius 2 is 1.81 bits per heavy atom. The zero-order valence-electron chi connectivity index (χ0n) is 15.9. The first-order valence-electron chi connectivity index (χ1n) is 9.64. The van der Waals surface area contributed by atoms with Crippen LogP contribution in [0.1, 0.15) is 37.2 Å². The average molecular weight is 366 g/mol. The van der Waals surface area contributed by atoms with E-state index in [1.807, 2.05) is 35.2 Å². The molecule has 6 nitrogen and oxygen atoms in total. The molecule has 1 amide bonds. The highest BCUT2D eigenvalue weighted by atomic mass is 16.2. The van der Waals surface area contributed by atoms with Crippen molar-refractivity contribution in [3.8, 4) is 5.69 Å². The van der Waals surface area contributed by atoms with Gasteiger partial charge in [-0.2, -0.15) is 9.78 Å². The molecule has 0 radical (unpaired) electrons. The monoisotopic (exact) mass is 366 g/mol. The lowest BCUT2D eigenvalue weighted by Gasteiger charge is -2.51. The summed E-state index contributed by atoms with van der Waals surface area (Å²) in [6.07, 6.45) is 2.01. The van der Waals surface area contributed by atoms with Gasteiger partial charge in [-0.15, -0.1) is 0 Å². The number of para-hydroxylation sites is 1. The first-order chi connectivity index (χ1) is 13.0. The molecule has 1 aromatic heterocycles. The van der Waals surface area contributed by atoms with E-state index in [0.29, 0.717) is 28.8 Å². The van der Waals surface area contributed by atoms with Crippen molar-refractivity contribution >= 4 is 5.91 Å². The number of likely N-dealkylation sites (tertiary alicyclic amines) is 1. The number of rotatable bonds is 3. The molecule has 2 aliphatic heterocycles. The van der Waals surface area contributed by atoms with Gasteiger partial charge in [-0.1, -0.05) is 32.0 Å². The fraction of sp³-hybridized carbons (Fsp3) is 0.476. The molecule has 1 atom stereocenters. The molecule has 1 N–H and O–H groups in total. The number of hydrogen-bond donors (Lipinski definition) is 1. The molecule has 1 unspecified atom stereocenters. The number of carbonyl (C=O) groups excluding carboxylic acids is 1. The minimum absolute atomic E-state index is 0.0982. The van der Waals surface area contributed by atoms with Gasteiger partial charge in [0.1, 0.15) is 5.69 Å². The van der Waals surface area contributed by atoms with Crippen LogP contribution in [0.2, 0.25) is 0 Å². The molecule has 0 spiro atoms. The van der Waals surface area contributed by atoms with Crippen molar-refractivity contribution in [1.82, 2.24) is 20.0 Å². The van der Waals surface area contributed by atoms with Gasteiger partial charge in [0, 0.05) is 31.7 Å². The van der Waals surface area contributed by atoms with Crippen LogP contribution in [0.4, 0.5) is 0 Å². The van der Waals surface area contributed by atoms with Gasteiger partial charge in [0.05, 0.1) is 5.69 Å². The Hall–Kier alpha value is -2.47. The highest BCUT2D eigenvalue weighted by Gasteiger charge is 2.43. The van der Waals surface area contributed by atoms with Crippen LogP contribution >= 0.6 is 0 Å². The molecule has 142 valence electrons. The fourth-order valence-corrected chi connectivity index (χ4v) is 4.31. The summed E-state index contributed by atoms with van der Waals surface area (Å²) in [5, 5.41) is 7.88. The highest BCUT2D eigenvalue weighted by Crippen LogP contribution is 2.37. The van der Waals surface area contributed by atoms with Crippen molar-refractivity contribution in [2.75, 3.05) is 19.6 Å². The van der Waals surface area contributed by atoms with Crippen molar-refractivity contribution in [3.05, 3.63) is 58.5 Å². The Labute approximate surface area is 159 Å². The zero-order chi connectivity index (χ0) is 19.0. The van der Waals surface area contributed by atoms with Gasteiger partial charge in [0.25, 0.3) is 11.5 Å². The van der Waals surface area contributed by atoms with Crippen LogP contribution in [-0.2, 0) is 0 Å². The van der Waals surface area contributed by atoms with E-state index in [-0.39, 0.29) is 11.5 Å². The summed E-state index contributed by atoms with van der Waals surface area (Å²) < 4.78 is 1.29.